The van der Waals surface area contributed by atoms with Crippen molar-refractivity contribution in [2.75, 3.05) is 0 Å². The summed E-state index contributed by atoms with van der Waals surface area (Å²) in [6.45, 7) is 1.91. The molecule has 1 atom stereocenters. The van der Waals surface area contributed by atoms with E-state index in [1.54, 1.807) is 13.0 Å². The molecule has 16 heavy (non-hydrogen) atoms. The summed E-state index contributed by atoms with van der Waals surface area (Å²) in [6, 6.07) is 7.30. The van der Waals surface area contributed by atoms with E-state index in [0.29, 0.717) is 11.6 Å². The van der Waals surface area contributed by atoms with Gasteiger partial charge in [0.05, 0.1) is 6.10 Å². The molecule has 5 nitrogen and oxygen atoms in total. The lowest BCUT2D eigenvalue weighted by atomic mass is 10.1. The average molecular weight is 220 g/mol. The Morgan fingerprint density at radius 3 is 2.94 bits per heavy atom. The second-order valence-corrected chi connectivity index (χ2v) is 3.35. The van der Waals surface area contributed by atoms with Crippen molar-refractivity contribution in [2.45, 2.75) is 19.6 Å². The number of ether oxygens (including phenoxy) is 1. The van der Waals surface area contributed by atoms with Crippen molar-refractivity contribution in [2.24, 2.45) is 0 Å². The minimum Gasteiger partial charge on any atom is -0.485 e. The van der Waals surface area contributed by atoms with E-state index in [1.807, 2.05) is 18.2 Å². The van der Waals surface area contributed by atoms with Crippen LogP contribution >= 0.6 is 0 Å². The van der Waals surface area contributed by atoms with Crippen LogP contribution in [0.5, 0.6) is 5.75 Å². The number of aliphatic hydroxyl groups excluding tert-OH is 1. The molecule has 1 N–H and O–H groups in total. The van der Waals surface area contributed by atoms with Gasteiger partial charge in [-0.1, -0.05) is 23.4 Å². The summed E-state index contributed by atoms with van der Waals surface area (Å²) in [5.41, 5.74) is 0.742. The van der Waals surface area contributed by atoms with E-state index in [-0.39, 0.29) is 6.61 Å². The zero-order valence-electron chi connectivity index (χ0n) is 8.83. The molecule has 0 unspecified atom stereocenters. The van der Waals surface area contributed by atoms with Gasteiger partial charge in [0.2, 0.25) is 12.2 Å². The van der Waals surface area contributed by atoms with Gasteiger partial charge in [0.25, 0.3) is 0 Å². The molecule has 84 valence electrons. The molecule has 0 saturated carbocycles. The lowest BCUT2D eigenvalue weighted by molar-refractivity contribution is 0.189. The van der Waals surface area contributed by atoms with Crippen molar-refractivity contribution in [3.63, 3.8) is 0 Å². The molecule has 0 aliphatic carbocycles. The first-order chi connectivity index (χ1) is 7.77. The molecule has 0 spiro atoms. The van der Waals surface area contributed by atoms with Crippen LogP contribution in [0, 0.1) is 0 Å². The second-order valence-electron chi connectivity index (χ2n) is 3.35. The monoisotopic (exact) mass is 220 g/mol. The zero-order chi connectivity index (χ0) is 11.4. The van der Waals surface area contributed by atoms with Gasteiger partial charge in [-0.2, -0.15) is 4.98 Å². The molecule has 1 aromatic carbocycles. The van der Waals surface area contributed by atoms with E-state index in [2.05, 4.69) is 14.7 Å². The van der Waals surface area contributed by atoms with E-state index in [4.69, 9.17) is 4.74 Å². The van der Waals surface area contributed by atoms with Crippen molar-refractivity contribution in [3.05, 3.63) is 42.0 Å². The highest BCUT2D eigenvalue weighted by Crippen LogP contribution is 2.24. The molecule has 1 aromatic heterocycles. The standard InChI is InChI=1S/C11H12N2O3/c1-8(14)9-4-2-3-5-10(9)15-6-11-12-7-16-13-11/h2-5,7-8,14H,6H2,1H3/t8-/m0/s1. The van der Waals surface area contributed by atoms with Crippen LogP contribution in [0.25, 0.3) is 0 Å². The number of nitrogens with zero attached hydrogens (tertiary/aromatic N) is 2. The van der Waals surface area contributed by atoms with E-state index < -0.39 is 6.10 Å². The van der Waals surface area contributed by atoms with Gasteiger partial charge in [-0.3, -0.25) is 0 Å². The Kier molecular flexibility index (Phi) is 3.16. The fraction of sp³-hybridized carbons (Fsp3) is 0.273. The Labute approximate surface area is 92.7 Å². The number of para-hydroxylation sites is 1. The van der Waals surface area contributed by atoms with E-state index in [1.165, 1.54) is 6.39 Å². The molecule has 2 aromatic rings. The third-order valence-electron chi connectivity index (χ3n) is 2.13. The predicted octanol–water partition coefficient (Wildman–Crippen LogP) is 1.70. The molecular weight excluding hydrogens is 208 g/mol. The van der Waals surface area contributed by atoms with E-state index in [0.717, 1.165) is 5.56 Å². The third-order valence-corrected chi connectivity index (χ3v) is 2.13. The fourth-order valence-corrected chi connectivity index (χ4v) is 1.36. The highest BCUT2D eigenvalue weighted by molar-refractivity contribution is 5.34. The maximum atomic E-state index is 9.53. The maximum Gasteiger partial charge on any atom is 0.213 e. The van der Waals surface area contributed by atoms with Gasteiger partial charge in [0, 0.05) is 5.56 Å². The molecule has 2 rings (SSSR count). The Bertz CT molecular complexity index is 440. The minimum absolute atomic E-state index is 0.222. The van der Waals surface area contributed by atoms with Gasteiger partial charge in [-0.05, 0) is 13.0 Å². The van der Waals surface area contributed by atoms with Crippen molar-refractivity contribution in [3.8, 4) is 5.75 Å². The topological polar surface area (TPSA) is 68.4 Å². The first-order valence-corrected chi connectivity index (χ1v) is 4.92. The summed E-state index contributed by atoms with van der Waals surface area (Å²) >= 11 is 0. The van der Waals surface area contributed by atoms with Crippen molar-refractivity contribution < 1.29 is 14.4 Å². The Balaban J connectivity index is 2.09. The molecule has 0 aliphatic heterocycles. The first-order valence-electron chi connectivity index (χ1n) is 4.92. The summed E-state index contributed by atoms with van der Waals surface area (Å²) in [5.74, 6) is 1.10. The molecule has 0 radical (unpaired) electrons. The van der Waals surface area contributed by atoms with Gasteiger partial charge in [0.15, 0.2) is 6.61 Å². The SMILES string of the molecule is C[C@H](O)c1ccccc1OCc1ncon1. The zero-order valence-corrected chi connectivity index (χ0v) is 8.83. The van der Waals surface area contributed by atoms with Crippen molar-refractivity contribution >= 4 is 0 Å². The van der Waals surface area contributed by atoms with Crippen LogP contribution in [0.3, 0.4) is 0 Å². The van der Waals surface area contributed by atoms with Crippen molar-refractivity contribution in [1.82, 2.24) is 10.1 Å². The normalized spacial score (nSPS) is 12.4. The first kappa shape index (κ1) is 10.6. The largest absolute Gasteiger partial charge is 0.485 e. The van der Waals surface area contributed by atoms with Gasteiger partial charge in [-0.25, -0.2) is 0 Å². The number of aliphatic hydroxyl groups is 1. The van der Waals surface area contributed by atoms with E-state index >= 15 is 0 Å². The Hall–Kier alpha value is -1.88. The fourth-order valence-electron chi connectivity index (χ4n) is 1.36. The molecule has 0 bridgehead atoms. The Morgan fingerprint density at radius 1 is 1.44 bits per heavy atom. The quantitative estimate of drug-likeness (QED) is 0.849. The lowest BCUT2D eigenvalue weighted by Crippen LogP contribution is -2.01. The van der Waals surface area contributed by atoms with Crippen LogP contribution in [-0.2, 0) is 6.61 Å². The van der Waals surface area contributed by atoms with E-state index in [9.17, 15) is 5.11 Å². The van der Waals surface area contributed by atoms with Crippen molar-refractivity contribution in [1.29, 1.82) is 0 Å². The van der Waals surface area contributed by atoms with Crippen LogP contribution in [0.4, 0.5) is 0 Å². The molecule has 1 heterocycles. The van der Waals surface area contributed by atoms with Crippen LogP contribution in [0.2, 0.25) is 0 Å². The predicted molar refractivity (Wildman–Crippen MR) is 55.7 cm³/mol. The maximum absolute atomic E-state index is 9.53. The van der Waals surface area contributed by atoms with Crippen LogP contribution in [-0.4, -0.2) is 15.2 Å². The van der Waals surface area contributed by atoms with Crippen LogP contribution in [0.15, 0.2) is 35.2 Å². The minimum atomic E-state index is -0.568. The summed E-state index contributed by atoms with van der Waals surface area (Å²) in [7, 11) is 0. The Morgan fingerprint density at radius 2 is 2.25 bits per heavy atom. The van der Waals surface area contributed by atoms with Gasteiger partial charge in [-0.15, -0.1) is 0 Å². The third kappa shape index (κ3) is 2.38. The average Bonchev–Trinajstić information content (AvgIpc) is 2.79. The van der Waals surface area contributed by atoms with Crippen LogP contribution < -0.4 is 4.74 Å². The highest BCUT2D eigenvalue weighted by atomic mass is 16.5. The highest BCUT2D eigenvalue weighted by Gasteiger charge is 2.09. The van der Waals surface area contributed by atoms with Crippen LogP contribution in [0.1, 0.15) is 24.4 Å². The van der Waals surface area contributed by atoms with Gasteiger partial charge in [0.1, 0.15) is 5.75 Å². The number of rotatable bonds is 4. The van der Waals surface area contributed by atoms with Gasteiger partial charge >= 0.3 is 0 Å². The summed E-state index contributed by atoms with van der Waals surface area (Å²) in [6.07, 6.45) is 0.681. The van der Waals surface area contributed by atoms with Gasteiger partial charge < -0.3 is 14.4 Å². The number of hydrogen-bond donors (Lipinski definition) is 1. The molecule has 0 aliphatic rings. The molecule has 0 amide bonds. The number of hydrogen-bond acceptors (Lipinski definition) is 5. The lowest BCUT2D eigenvalue weighted by Gasteiger charge is -2.11. The number of aromatic nitrogens is 2. The molecule has 0 fully saturated rings. The molecular formula is C11H12N2O3. The molecule has 5 heteroatoms. The molecule has 0 saturated heterocycles. The summed E-state index contributed by atoms with van der Waals surface area (Å²) in [5, 5.41) is 13.2. The summed E-state index contributed by atoms with van der Waals surface area (Å²) < 4.78 is 10.1. The second kappa shape index (κ2) is 4.76. The summed E-state index contributed by atoms with van der Waals surface area (Å²) in [4.78, 5) is 3.84. The number of benzene rings is 1. The smallest absolute Gasteiger partial charge is 0.213 e.